The second kappa shape index (κ2) is 5.04. The van der Waals surface area contributed by atoms with Gasteiger partial charge >= 0.3 is 0 Å². The molecule has 1 aliphatic rings. The van der Waals surface area contributed by atoms with Crippen LogP contribution in [0.25, 0.3) is 0 Å². The number of amides is 1. The van der Waals surface area contributed by atoms with E-state index < -0.39 is 0 Å². The van der Waals surface area contributed by atoms with Crippen molar-refractivity contribution in [2.75, 3.05) is 13.1 Å². The number of piperazine rings is 1. The quantitative estimate of drug-likeness (QED) is 0.847. The number of carbonyl (C=O) groups is 1. The number of benzene rings is 1. The van der Waals surface area contributed by atoms with E-state index in [1.807, 2.05) is 6.07 Å². The van der Waals surface area contributed by atoms with Crippen LogP contribution in [-0.2, 0) is 11.2 Å². The van der Waals surface area contributed by atoms with Crippen molar-refractivity contribution in [1.29, 1.82) is 0 Å². The van der Waals surface area contributed by atoms with E-state index in [0.717, 1.165) is 12.1 Å². The second-order valence-electron chi connectivity index (χ2n) is 3.74. The molecule has 1 fully saturated rings. The first kappa shape index (κ1) is 11.7. The van der Waals surface area contributed by atoms with Crippen molar-refractivity contribution >= 4 is 29.1 Å². The van der Waals surface area contributed by atoms with E-state index in [9.17, 15) is 4.79 Å². The zero-order valence-electron chi connectivity index (χ0n) is 8.59. The SMILES string of the molecule is O=C1NCCN[C@@H]1Cc1ccc(Cl)cc1Cl. The molecule has 0 aliphatic carbocycles. The van der Waals surface area contributed by atoms with E-state index in [1.165, 1.54) is 0 Å². The van der Waals surface area contributed by atoms with E-state index in [2.05, 4.69) is 10.6 Å². The highest BCUT2D eigenvalue weighted by Gasteiger charge is 2.22. The smallest absolute Gasteiger partial charge is 0.237 e. The first-order valence-electron chi connectivity index (χ1n) is 5.12. The van der Waals surface area contributed by atoms with Crippen molar-refractivity contribution in [3.8, 4) is 0 Å². The Labute approximate surface area is 104 Å². The first-order chi connectivity index (χ1) is 7.66. The highest BCUT2D eigenvalue weighted by atomic mass is 35.5. The van der Waals surface area contributed by atoms with Gasteiger partial charge in [0.1, 0.15) is 0 Å². The van der Waals surface area contributed by atoms with Crippen molar-refractivity contribution < 1.29 is 4.79 Å². The maximum atomic E-state index is 11.5. The third kappa shape index (κ3) is 2.67. The molecule has 0 spiro atoms. The molecular formula is C11H12Cl2N2O. The molecule has 1 atom stereocenters. The van der Waals surface area contributed by atoms with Crippen LogP contribution < -0.4 is 10.6 Å². The lowest BCUT2D eigenvalue weighted by Crippen LogP contribution is -2.53. The molecule has 5 heteroatoms. The van der Waals surface area contributed by atoms with Crippen LogP contribution >= 0.6 is 23.2 Å². The minimum atomic E-state index is -0.201. The Morgan fingerprint density at radius 2 is 2.12 bits per heavy atom. The summed E-state index contributed by atoms with van der Waals surface area (Å²) in [6, 6.07) is 5.13. The van der Waals surface area contributed by atoms with E-state index >= 15 is 0 Å². The monoisotopic (exact) mass is 258 g/mol. The zero-order valence-corrected chi connectivity index (χ0v) is 10.1. The molecule has 1 aliphatic heterocycles. The Balaban J connectivity index is 2.10. The highest BCUT2D eigenvalue weighted by molar-refractivity contribution is 6.35. The van der Waals surface area contributed by atoms with Crippen LogP contribution in [0.1, 0.15) is 5.56 Å². The third-order valence-corrected chi connectivity index (χ3v) is 3.16. The van der Waals surface area contributed by atoms with Gasteiger partial charge in [-0.15, -0.1) is 0 Å². The van der Waals surface area contributed by atoms with Gasteiger partial charge in [-0.25, -0.2) is 0 Å². The predicted molar refractivity (Wildman–Crippen MR) is 65.0 cm³/mol. The average Bonchev–Trinajstić information content (AvgIpc) is 2.25. The van der Waals surface area contributed by atoms with Gasteiger partial charge in [-0.05, 0) is 24.1 Å². The number of hydrogen-bond acceptors (Lipinski definition) is 2. The molecule has 2 N–H and O–H groups in total. The van der Waals surface area contributed by atoms with E-state index in [-0.39, 0.29) is 11.9 Å². The van der Waals surface area contributed by atoms with Crippen LogP contribution in [0.15, 0.2) is 18.2 Å². The van der Waals surface area contributed by atoms with Crippen molar-refractivity contribution in [2.24, 2.45) is 0 Å². The van der Waals surface area contributed by atoms with Crippen LogP contribution in [0.5, 0.6) is 0 Å². The first-order valence-corrected chi connectivity index (χ1v) is 5.87. The van der Waals surface area contributed by atoms with Crippen LogP contribution in [0.2, 0.25) is 10.0 Å². The molecule has 0 aromatic heterocycles. The lowest BCUT2D eigenvalue weighted by molar-refractivity contribution is -0.124. The Morgan fingerprint density at radius 1 is 1.31 bits per heavy atom. The van der Waals surface area contributed by atoms with Gasteiger partial charge in [-0.3, -0.25) is 4.79 Å². The Kier molecular flexibility index (Phi) is 3.69. The summed E-state index contributed by atoms with van der Waals surface area (Å²) >= 11 is 11.9. The molecule has 1 heterocycles. The van der Waals surface area contributed by atoms with Crippen LogP contribution in [0, 0.1) is 0 Å². The van der Waals surface area contributed by atoms with E-state index in [1.54, 1.807) is 12.1 Å². The Hall–Kier alpha value is -0.770. The maximum Gasteiger partial charge on any atom is 0.237 e. The standard InChI is InChI=1S/C11H12Cl2N2O/c12-8-2-1-7(9(13)6-8)5-10-11(16)15-4-3-14-10/h1-2,6,10,14H,3-5H2,(H,15,16)/t10-/m1/s1. The van der Waals surface area contributed by atoms with Crippen molar-refractivity contribution in [3.05, 3.63) is 33.8 Å². The van der Waals surface area contributed by atoms with Gasteiger partial charge in [0, 0.05) is 23.1 Å². The minimum Gasteiger partial charge on any atom is -0.353 e. The molecule has 0 bridgehead atoms. The number of hydrogen-bond donors (Lipinski definition) is 2. The number of nitrogens with one attached hydrogen (secondary N) is 2. The number of rotatable bonds is 2. The molecule has 86 valence electrons. The van der Waals surface area contributed by atoms with Gasteiger partial charge in [0.15, 0.2) is 0 Å². The molecule has 1 aromatic carbocycles. The van der Waals surface area contributed by atoms with Crippen LogP contribution in [-0.4, -0.2) is 25.0 Å². The molecule has 0 saturated carbocycles. The summed E-state index contributed by atoms with van der Waals surface area (Å²) in [5.74, 6) is 0.0252. The highest BCUT2D eigenvalue weighted by Crippen LogP contribution is 2.22. The van der Waals surface area contributed by atoms with Gasteiger partial charge in [0.25, 0.3) is 0 Å². The Bertz CT molecular complexity index is 409. The molecule has 1 amide bonds. The molecular weight excluding hydrogens is 247 g/mol. The van der Waals surface area contributed by atoms with E-state index in [4.69, 9.17) is 23.2 Å². The third-order valence-electron chi connectivity index (χ3n) is 2.57. The van der Waals surface area contributed by atoms with Gasteiger partial charge in [0.05, 0.1) is 6.04 Å². The Morgan fingerprint density at radius 3 is 2.81 bits per heavy atom. The fraction of sp³-hybridized carbons (Fsp3) is 0.364. The summed E-state index contributed by atoms with van der Waals surface area (Å²) < 4.78 is 0. The average molecular weight is 259 g/mol. The number of carbonyl (C=O) groups excluding carboxylic acids is 1. The molecule has 0 unspecified atom stereocenters. The van der Waals surface area contributed by atoms with Gasteiger partial charge < -0.3 is 10.6 Å². The molecule has 1 aromatic rings. The zero-order chi connectivity index (χ0) is 11.5. The molecule has 0 radical (unpaired) electrons. The van der Waals surface area contributed by atoms with Gasteiger partial charge in [0.2, 0.25) is 5.91 Å². The summed E-state index contributed by atoms with van der Waals surface area (Å²) in [5.41, 5.74) is 0.931. The lowest BCUT2D eigenvalue weighted by Gasteiger charge is -2.23. The van der Waals surface area contributed by atoms with Crippen molar-refractivity contribution in [2.45, 2.75) is 12.5 Å². The predicted octanol–water partition coefficient (Wildman–Crippen LogP) is 1.62. The topological polar surface area (TPSA) is 41.1 Å². The van der Waals surface area contributed by atoms with Gasteiger partial charge in [-0.2, -0.15) is 0 Å². The molecule has 2 rings (SSSR count). The number of halogens is 2. The summed E-state index contributed by atoms with van der Waals surface area (Å²) in [4.78, 5) is 11.5. The van der Waals surface area contributed by atoms with Crippen molar-refractivity contribution in [3.63, 3.8) is 0 Å². The van der Waals surface area contributed by atoms with E-state index in [0.29, 0.717) is 23.0 Å². The van der Waals surface area contributed by atoms with Crippen LogP contribution in [0.4, 0.5) is 0 Å². The fourth-order valence-electron chi connectivity index (χ4n) is 1.72. The summed E-state index contributed by atoms with van der Waals surface area (Å²) in [6.45, 7) is 1.48. The summed E-state index contributed by atoms with van der Waals surface area (Å²) in [7, 11) is 0. The normalized spacial score (nSPS) is 20.6. The molecule has 16 heavy (non-hydrogen) atoms. The molecule has 3 nitrogen and oxygen atoms in total. The largest absolute Gasteiger partial charge is 0.353 e. The van der Waals surface area contributed by atoms with Crippen LogP contribution in [0.3, 0.4) is 0 Å². The fourth-order valence-corrected chi connectivity index (χ4v) is 2.21. The van der Waals surface area contributed by atoms with Crippen molar-refractivity contribution in [1.82, 2.24) is 10.6 Å². The minimum absolute atomic E-state index is 0.0252. The van der Waals surface area contributed by atoms with Gasteiger partial charge in [-0.1, -0.05) is 29.3 Å². The summed E-state index contributed by atoms with van der Waals surface area (Å²) in [5, 5.41) is 7.18. The molecule has 1 saturated heterocycles. The lowest BCUT2D eigenvalue weighted by atomic mass is 10.0. The second-order valence-corrected chi connectivity index (χ2v) is 4.58. The summed E-state index contributed by atoms with van der Waals surface area (Å²) in [6.07, 6.45) is 0.585. The maximum absolute atomic E-state index is 11.5.